The molecule has 2 aromatic rings. The van der Waals surface area contributed by atoms with Crippen LogP contribution >= 0.6 is 0 Å². The fourth-order valence-electron chi connectivity index (χ4n) is 2.76. The molecule has 0 unspecified atom stereocenters. The fraction of sp³-hybridized carbons (Fsp3) is 0.318. The second kappa shape index (κ2) is 8.56. The molecule has 0 bridgehead atoms. The van der Waals surface area contributed by atoms with Gasteiger partial charge in [-0.05, 0) is 79.8 Å². The molecule has 26 heavy (non-hydrogen) atoms. The van der Waals surface area contributed by atoms with Gasteiger partial charge in [-0.3, -0.25) is 4.79 Å². The lowest BCUT2D eigenvalue weighted by Crippen LogP contribution is -2.10. The summed E-state index contributed by atoms with van der Waals surface area (Å²) in [5, 5.41) is 0. The second-order valence-corrected chi connectivity index (χ2v) is 6.50. The van der Waals surface area contributed by atoms with Gasteiger partial charge in [0.2, 0.25) is 5.91 Å². The molecule has 0 aliphatic heterocycles. The molecule has 1 amide bonds. The van der Waals surface area contributed by atoms with Crippen molar-refractivity contribution in [3.63, 3.8) is 0 Å². The first-order valence-electron chi connectivity index (χ1n) is 9.20. The van der Waals surface area contributed by atoms with Crippen LogP contribution in [0.15, 0.2) is 54.1 Å². The molecule has 1 saturated carbocycles. The van der Waals surface area contributed by atoms with Crippen molar-refractivity contribution in [3.8, 4) is 11.5 Å². The van der Waals surface area contributed by atoms with E-state index in [1.807, 2.05) is 24.3 Å². The summed E-state index contributed by atoms with van der Waals surface area (Å²) in [4.78, 5) is 11.2. The number of carbonyl (C=O) groups excluding carboxylic acids is 1. The normalized spacial score (nSPS) is 13.0. The molecule has 0 aromatic heterocycles. The topological polar surface area (TPSA) is 61.6 Å². The number of rotatable bonds is 8. The predicted octanol–water partition coefficient (Wildman–Crippen LogP) is 4.94. The van der Waals surface area contributed by atoms with E-state index in [2.05, 4.69) is 6.92 Å². The molecule has 0 heterocycles. The van der Waals surface area contributed by atoms with E-state index in [1.165, 1.54) is 12.0 Å². The molecular formula is C22H25NO3. The largest absolute Gasteiger partial charge is 0.494 e. The van der Waals surface area contributed by atoms with Crippen LogP contribution in [0.25, 0.3) is 5.76 Å². The molecule has 136 valence electrons. The van der Waals surface area contributed by atoms with Crippen LogP contribution in [0.2, 0.25) is 0 Å². The first kappa shape index (κ1) is 18.1. The molecule has 2 aromatic carbocycles. The van der Waals surface area contributed by atoms with Gasteiger partial charge in [0, 0.05) is 11.1 Å². The Balaban J connectivity index is 1.76. The number of hydrogen-bond donors (Lipinski definition) is 1. The Morgan fingerprint density at radius 3 is 2.12 bits per heavy atom. The number of carbonyl (C=O) groups is 1. The highest BCUT2D eigenvalue weighted by molar-refractivity contribution is 5.92. The molecule has 4 nitrogen and oxygen atoms in total. The average molecular weight is 351 g/mol. The highest BCUT2D eigenvalue weighted by atomic mass is 16.5. The first-order valence-corrected chi connectivity index (χ1v) is 9.20. The van der Waals surface area contributed by atoms with Crippen molar-refractivity contribution in [1.82, 2.24) is 0 Å². The number of allylic oxidation sites excluding steroid dienone is 1. The average Bonchev–Trinajstić information content (AvgIpc) is 2.61. The van der Waals surface area contributed by atoms with Crippen molar-refractivity contribution in [2.45, 2.75) is 39.0 Å². The molecule has 0 spiro atoms. The maximum Gasteiger partial charge on any atom is 0.248 e. The number of unbranched alkanes of at least 4 members (excludes halogenated alkanes) is 1. The summed E-state index contributed by atoms with van der Waals surface area (Å²) in [5.74, 6) is 2.05. The summed E-state index contributed by atoms with van der Waals surface area (Å²) in [7, 11) is 0. The van der Waals surface area contributed by atoms with Gasteiger partial charge in [0.05, 0.1) is 6.61 Å². The Hall–Kier alpha value is -2.75. The zero-order valence-corrected chi connectivity index (χ0v) is 15.2. The van der Waals surface area contributed by atoms with Crippen molar-refractivity contribution >= 4 is 11.7 Å². The first-order chi connectivity index (χ1) is 12.7. The molecule has 1 aliphatic carbocycles. The third-order valence-corrected chi connectivity index (χ3v) is 4.52. The Bertz CT molecular complexity index is 770. The summed E-state index contributed by atoms with van der Waals surface area (Å²) in [6.07, 6.45) is 5.49. The van der Waals surface area contributed by atoms with E-state index >= 15 is 0 Å². The van der Waals surface area contributed by atoms with Crippen molar-refractivity contribution in [1.29, 1.82) is 0 Å². The Morgan fingerprint density at radius 2 is 1.58 bits per heavy atom. The van der Waals surface area contributed by atoms with E-state index in [0.29, 0.717) is 11.3 Å². The monoisotopic (exact) mass is 351 g/mol. The van der Waals surface area contributed by atoms with Gasteiger partial charge < -0.3 is 15.2 Å². The van der Waals surface area contributed by atoms with Crippen molar-refractivity contribution in [3.05, 3.63) is 65.2 Å². The summed E-state index contributed by atoms with van der Waals surface area (Å²) >= 11 is 0. The van der Waals surface area contributed by atoms with Gasteiger partial charge in [-0.1, -0.05) is 13.3 Å². The van der Waals surface area contributed by atoms with Crippen molar-refractivity contribution < 1.29 is 14.3 Å². The lowest BCUT2D eigenvalue weighted by Gasteiger charge is -2.22. The highest BCUT2D eigenvalue weighted by Gasteiger charge is 2.18. The molecule has 4 heteroatoms. The molecule has 0 radical (unpaired) electrons. The van der Waals surface area contributed by atoms with Crippen LogP contribution < -0.4 is 15.2 Å². The number of hydrogen-bond acceptors (Lipinski definition) is 3. The van der Waals surface area contributed by atoms with E-state index < -0.39 is 5.91 Å². The quantitative estimate of drug-likeness (QED) is 0.541. The van der Waals surface area contributed by atoms with E-state index in [4.69, 9.17) is 15.2 Å². The van der Waals surface area contributed by atoms with Crippen molar-refractivity contribution in [2.24, 2.45) is 5.73 Å². The zero-order valence-electron chi connectivity index (χ0n) is 15.2. The van der Waals surface area contributed by atoms with E-state index in [0.717, 1.165) is 49.4 Å². The van der Waals surface area contributed by atoms with Crippen LogP contribution in [0.1, 0.15) is 54.9 Å². The maximum absolute atomic E-state index is 11.2. The van der Waals surface area contributed by atoms with Gasteiger partial charge >= 0.3 is 0 Å². The molecular weight excluding hydrogens is 326 g/mol. The van der Waals surface area contributed by atoms with Crippen LogP contribution in [0.5, 0.6) is 11.5 Å². The van der Waals surface area contributed by atoms with Crippen LogP contribution in [0.4, 0.5) is 0 Å². The van der Waals surface area contributed by atoms with Gasteiger partial charge in [-0.2, -0.15) is 0 Å². The molecule has 0 saturated heterocycles. The molecule has 0 atom stereocenters. The van der Waals surface area contributed by atoms with Gasteiger partial charge in [0.1, 0.15) is 17.3 Å². The van der Waals surface area contributed by atoms with Crippen molar-refractivity contribution in [2.75, 3.05) is 6.61 Å². The number of primary amides is 1. The summed E-state index contributed by atoms with van der Waals surface area (Å²) in [5.41, 5.74) is 8.13. The Kier molecular flexibility index (Phi) is 5.95. The molecule has 1 aliphatic rings. The summed E-state index contributed by atoms with van der Waals surface area (Å²) < 4.78 is 11.9. The Morgan fingerprint density at radius 1 is 0.962 bits per heavy atom. The second-order valence-electron chi connectivity index (χ2n) is 6.50. The van der Waals surface area contributed by atoms with E-state index in [-0.39, 0.29) is 0 Å². The summed E-state index contributed by atoms with van der Waals surface area (Å²) in [6, 6.07) is 15.0. The minimum absolute atomic E-state index is 0.437. The van der Waals surface area contributed by atoms with Crippen LogP contribution in [-0.2, 0) is 0 Å². The zero-order chi connectivity index (χ0) is 18.4. The molecule has 1 fully saturated rings. The van der Waals surface area contributed by atoms with Crippen LogP contribution in [0.3, 0.4) is 0 Å². The van der Waals surface area contributed by atoms with E-state index in [1.54, 1.807) is 24.3 Å². The van der Waals surface area contributed by atoms with Gasteiger partial charge in [-0.25, -0.2) is 0 Å². The van der Waals surface area contributed by atoms with E-state index in [9.17, 15) is 4.79 Å². The van der Waals surface area contributed by atoms with Crippen LogP contribution in [-0.4, -0.2) is 12.5 Å². The maximum atomic E-state index is 11.2. The smallest absolute Gasteiger partial charge is 0.248 e. The van der Waals surface area contributed by atoms with Gasteiger partial charge in [-0.15, -0.1) is 0 Å². The minimum atomic E-state index is -0.437. The number of amides is 1. The third kappa shape index (κ3) is 4.45. The summed E-state index contributed by atoms with van der Waals surface area (Å²) in [6.45, 7) is 2.89. The molecule has 3 rings (SSSR count). The molecule has 2 N–H and O–H groups in total. The van der Waals surface area contributed by atoms with Crippen LogP contribution in [0, 0.1) is 0 Å². The lowest BCUT2D eigenvalue weighted by molar-refractivity contribution is 0.100. The fourth-order valence-corrected chi connectivity index (χ4v) is 2.76. The standard InChI is InChI=1S/C22H25NO3/c1-2-3-15-25-19-11-7-17(8-12-19)21(16-5-4-6-16)26-20-13-9-18(10-14-20)22(23)24/h7-14H,2-6,15H2,1H3,(H2,23,24). The predicted molar refractivity (Wildman–Crippen MR) is 103 cm³/mol. The number of benzene rings is 2. The lowest BCUT2D eigenvalue weighted by atomic mass is 9.89. The minimum Gasteiger partial charge on any atom is -0.494 e. The van der Waals surface area contributed by atoms with Gasteiger partial charge in [0.15, 0.2) is 0 Å². The highest BCUT2D eigenvalue weighted by Crippen LogP contribution is 2.35. The number of ether oxygens (including phenoxy) is 2. The number of nitrogens with two attached hydrogens (primary N) is 1. The SMILES string of the molecule is CCCCOc1ccc(C(Oc2ccc(C(N)=O)cc2)=C2CCC2)cc1. The Labute approximate surface area is 154 Å². The van der Waals surface area contributed by atoms with Gasteiger partial charge in [0.25, 0.3) is 0 Å². The third-order valence-electron chi connectivity index (χ3n) is 4.52.